The molecule has 0 aromatic heterocycles. The summed E-state index contributed by atoms with van der Waals surface area (Å²) in [6.07, 6.45) is 0. The summed E-state index contributed by atoms with van der Waals surface area (Å²) in [7, 11) is -3.21. The van der Waals surface area contributed by atoms with E-state index < -0.39 is 7.82 Å². The number of phosphoric acid groups is 1. The Kier molecular flexibility index (Phi) is 6.64. The highest BCUT2D eigenvalue weighted by molar-refractivity contribution is 9.49. The topological polar surface area (TPSA) is 55.8 Å². The van der Waals surface area contributed by atoms with Gasteiger partial charge in [0.2, 0.25) is 0 Å². The third kappa shape index (κ3) is 6.03. The SMILES string of the molecule is CCSOP(=O)(O)OSBr. The molecule has 8 heteroatoms. The molecule has 0 aliphatic heterocycles. The van der Waals surface area contributed by atoms with Gasteiger partial charge in [0, 0.05) is 32.6 Å². The fourth-order valence-electron chi connectivity index (χ4n) is 0.167. The van der Waals surface area contributed by atoms with Gasteiger partial charge in [-0.25, -0.2) is 12.5 Å². The molecule has 0 fully saturated rings. The molecule has 0 saturated heterocycles. The van der Waals surface area contributed by atoms with Gasteiger partial charge >= 0.3 is 7.82 Å². The van der Waals surface area contributed by atoms with Gasteiger partial charge in [0.05, 0.1) is 10.5 Å². The normalized spacial score (nSPS) is 16.7. The first-order valence-corrected chi connectivity index (χ1v) is 7.22. The van der Waals surface area contributed by atoms with Crippen molar-refractivity contribution in [2.75, 3.05) is 5.75 Å². The fourth-order valence-corrected chi connectivity index (χ4v) is 3.07. The zero-order chi connectivity index (χ0) is 8.04. The molecule has 1 unspecified atom stereocenters. The van der Waals surface area contributed by atoms with E-state index >= 15 is 0 Å². The molecule has 4 nitrogen and oxygen atoms in total. The first kappa shape index (κ1) is 11.3. The van der Waals surface area contributed by atoms with E-state index in [1.807, 2.05) is 0 Å². The maximum absolute atomic E-state index is 10.6. The lowest BCUT2D eigenvalue weighted by Crippen LogP contribution is -1.81. The van der Waals surface area contributed by atoms with Crippen LogP contribution in [0.15, 0.2) is 0 Å². The smallest absolute Gasteiger partial charge is 0.301 e. The van der Waals surface area contributed by atoms with Crippen LogP contribution in [0.1, 0.15) is 6.92 Å². The van der Waals surface area contributed by atoms with Crippen molar-refractivity contribution in [3.63, 3.8) is 0 Å². The number of halogens is 1. The second kappa shape index (κ2) is 5.88. The van der Waals surface area contributed by atoms with Gasteiger partial charge in [-0.3, -0.25) is 0 Å². The van der Waals surface area contributed by atoms with Gasteiger partial charge in [0.15, 0.2) is 0 Å². The van der Waals surface area contributed by atoms with Crippen molar-refractivity contribution in [1.29, 1.82) is 0 Å². The van der Waals surface area contributed by atoms with Gasteiger partial charge in [-0.1, -0.05) is 6.92 Å². The van der Waals surface area contributed by atoms with Crippen molar-refractivity contribution in [2.24, 2.45) is 0 Å². The van der Waals surface area contributed by atoms with Crippen molar-refractivity contribution >= 4 is 45.2 Å². The third-order valence-electron chi connectivity index (χ3n) is 0.387. The van der Waals surface area contributed by atoms with E-state index in [9.17, 15) is 4.57 Å². The monoisotopic (exact) mass is 268 g/mol. The molecule has 0 aromatic rings. The average molecular weight is 269 g/mol. The standard InChI is InChI=1S/C2H6BrO4PS2/c1-2-9-6-8(4,5)7-10-3/h2H2,1H3,(H,4,5). The minimum atomic E-state index is -3.83. The molecule has 0 radical (unpaired) electrons. The van der Waals surface area contributed by atoms with E-state index in [-0.39, 0.29) is 0 Å². The highest BCUT2D eigenvalue weighted by Crippen LogP contribution is 2.51. The highest BCUT2D eigenvalue weighted by atomic mass is 79.9. The van der Waals surface area contributed by atoms with Crippen molar-refractivity contribution in [3.05, 3.63) is 0 Å². The Bertz CT molecular complexity index is 132. The van der Waals surface area contributed by atoms with Crippen LogP contribution in [0.25, 0.3) is 0 Å². The molecule has 0 rings (SSSR count). The summed E-state index contributed by atoms with van der Waals surface area (Å²) in [6.45, 7) is 1.80. The molecule has 1 N–H and O–H groups in total. The zero-order valence-electron chi connectivity index (χ0n) is 5.02. The predicted molar refractivity (Wildman–Crippen MR) is 46.6 cm³/mol. The van der Waals surface area contributed by atoms with E-state index in [1.165, 1.54) is 0 Å². The number of rotatable bonds is 5. The molecule has 0 heterocycles. The van der Waals surface area contributed by atoms with Crippen LogP contribution >= 0.6 is 45.2 Å². The maximum Gasteiger partial charge on any atom is 0.495 e. The molecule has 10 heavy (non-hydrogen) atoms. The van der Waals surface area contributed by atoms with Crippen LogP contribution in [0, 0.1) is 0 Å². The Labute approximate surface area is 75.3 Å². The van der Waals surface area contributed by atoms with Crippen LogP contribution in [0.2, 0.25) is 0 Å². The molecule has 0 aliphatic carbocycles. The van der Waals surface area contributed by atoms with Crippen molar-refractivity contribution in [3.8, 4) is 0 Å². The van der Waals surface area contributed by atoms with Crippen molar-refractivity contribution < 1.29 is 17.4 Å². The van der Waals surface area contributed by atoms with Crippen LogP contribution in [-0.2, 0) is 12.5 Å². The summed E-state index contributed by atoms with van der Waals surface area (Å²) in [5, 5.41) is 0. The molecule has 62 valence electrons. The highest BCUT2D eigenvalue weighted by Gasteiger charge is 2.21. The summed E-state index contributed by atoms with van der Waals surface area (Å²) in [5.41, 5.74) is 0. The van der Waals surface area contributed by atoms with Crippen LogP contribution < -0.4 is 0 Å². The second-order valence-electron chi connectivity index (χ2n) is 1.09. The van der Waals surface area contributed by atoms with Gasteiger partial charge in [0.25, 0.3) is 0 Å². The van der Waals surface area contributed by atoms with Gasteiger partial charge < -0.3 is 4.89 Å². The quantitative estimate of drug-likeness (QED) is 0.611. The molecule has 0 spiro atoms. The van der Waals surface area contributed by atoms with Crippen LogP contribution in [0.4, 0.5) is 0 Å². The first-order valence-electron chi connectivity index (χ1n) is 2.23. The zero-order valence-corrected chi connectivity index (χ0v) is 9.13. The molecule has 0 saturated carbocycles. The van der Waals surface area contributed by atoms with E-state index in [0.717, 1.165) is 12.0 Å². The lowest BCUT2D eigenvalue weighted by atomic mass is 11.0. The molecular weight excluding hydrogens is 263 g/mol. The maximum atomic E-state index is 10.6. The van der Waals surface area contributed by atoms with Crippen molar-refractivity contribution in [1.82, 2.24) is 0 Å². The Balaban J connectivity index is 3.53. The van der Waals surface area contributed by atoms with E-state index in [2.05, 4.69) is 22.8 Å². The molecule has 0 aromatic carbocycles. The summed E-state index contributed by atoms with van der Waals surface area (Å²) in [4.78, 5) is 8.68. The second-order valence-corrected chi connectivity index (χ2v) is 4.95. The van der Waals surface area contributed by atoms with Gasteiger partial charge in [-0.05, 0) is 0 Å². The molecule has 0 bridgehead atoms. The molecule has 0 aliphatic rings. The minimum Gasteiger partial charge on any atom is -0.301 e. The Morgan fingerprint density at radius 1 is 1.70 bits per heavy atom. The third-order valence-corrected chi connectivity index (χ3v) is 3.84. The number of hydrogen-bond donors (Lipinski definition) is 1. The first-order chi connectivity index (χ1) is 4.62. The largest absolute Gasteiger partial charge is 0.495 e. The van der Waals surface area contributed by atoms with E-state index in [4.69, 9.17) is 4.89 Å². The van der Waals surface area contributed by atoms with Crippen LogP contribution in [0.5, 0.6) is 0 Å². The Morgan fingerprint density at radius 2 is 2.30 bits per heavy atom. The lowest BCUT2D eigenvalue weighted by molar-refractivity contribution is 0.325. The lowest BCUT2D eigenvalue weighted by Gasteiger charge is -2.05. The molecule has 1 atom stereocenters. The number of hydrogen-bond acceptors (Lipinski definition) is 5. The Hall–Kier alpha value is 1.29. The molecule has 0 amide bonds. The minimum absolute atomic E-state index is 0.598. The van der Waals surface area contributed by atoms with Gasteiger partial charge in [-0.2, -0.15) is 0 Å². The predicted octanol–water partition coefficient (Wildman–Crippen LogP) is 2.75. The fraction of sp³-hybridized carbons (Fsp3) is 1.00. The summed E-state index contributed by atoms with van der Waals surface area (Å²) in [6, 6.07) is 0. The average Bonchev–Trinajstić information content (AvgIpc) is 1.84. The summed E-state index contributed by atoms with van der Waals surface area (Å²) in [5.74, 6) is 0.598. The van der Waals surface area contributed by atoms with Crippen LogP contribution in [-0.4, -0.2) is 10.6 Å². The summed E-state index contributed by atoms with van der Waals surface area (Å²) >= 11 is 3.63. The Morgan fingerprint density at radius 3 is 2.70 bits per heavy atom. The van der Waals surface area contributed by atoms with Crippen LogP contribution in [0.3, 0.4) is 0 Å². The van der Waals surface area contributed by atoms with E-state index in [1.54, 1.807) is 6.92 Å². The summed E-state index contributed by atoms with van der Waals surface area (Å²) < 4.78 is 19.2. The van der Waals surface area contributed by atoms with Gasteiger partial charge in [0.1, 0.15) is 0 Å². The van der Waals surface area contributed by atoms with Gasteiger partial charge in [-0.15, -0.1) is 0 Å². The van der Waals surface area contributed by atoms with Crippen molar-refractivity contribution in [2.45, 2.75) is 6.92 Å². The molecular formula is C2H6BrO4PS2. The van der Waals surface area contributed by atoms with E-state index in [0.29, 0.717) is 16.2 Å².